The number of nitrogens with zero attached hydrogens (tertiary/aromatic N) is 1. The molecule has 1 aliphatic carbocycles. The van der Waals surface area contributed by atoms with E-state index >= 15 is 0 Å². The molecule has 1 aliphatic heterocycles. The zero-order valence-corrected chi connectivity index (χ0v) is 20.0. The fourth-order valence-electron chi connectivity index (χ4n) is 4.47. The molecular formula is C27H30N2O6. The summed E-state index contributed by atoms with van der Waals surface area (Å²) in [4.78, 5) is 39.3. The Bertz CT molecular complexity index is 1120. The van der Waals surface area contributed by atoms with Crippen molar-refractivity contribution in [3.8, 4) is 5.75 Å². The van der Waals surface area contributed by atoms with E-state index in [0.29, 0.717) is 22.8 Å². The van der Waals surface area contributed by atoms with Gasteiger partial charge in [0.2, 0.25) is 0 Å². The van der Waals surface area contributed by atoms with Crippen molar-refractivity contribution in [1.82, 2.24) is 10.2 Å². The van der Waals surface area contributed by atoms with Crippen LogP contribution in [0.2, 0.25) is 0 Å². The third kappa shape index (κ3) is 5.82. The van der Waals surface area contributed by atoms with Gasteiger partial charge in [-0.3, -0.25) is 9.59 Å². The Kier molecular flexibility index (Phi) is 7.70. The summed E-state index contributed by atoms with van der Waals surface area (Å²) in [5, 5.41) is 3.03. The highest BCUT2D eigenvalue weighted by molar-refractivity contribution is 6.16. The van der Waals surface area contributed by atoms with Gasteiger partial charge < -0.3 is 24.1 Å². The van der Waals surface area contributed by atoms with Crippen LogP contribution < -0.4 is 10.1 Å². The van der Waals surface area contributed by atoms with Gasteiger partial charge >= 0.3 is 5.97 Å². The first-order valence-electron chi connectivity index (χ1n) is 11.8. The maximum Gasteiger partial charge on any atom is 0.340 e. The van der Waals surface area contributed by atoms with Gasteiger partial charge in [-0.2, -0.15) is 0 Å². The molecule has 1 N–H and O–H groups in total. The number of hydrogen-bond donors (Lipinski definition) is 1. The Balaban J connectivity index is 1.44. The number of nitrogens with one attached hydrogen (secondary N) is 1. The number of allylic oxidation sites excluding steroid dienone is 1. The van der Waals surface area contributed by atoms with Crippen LogP contribution in [0.4, 0.5) is 0 Å². The Labute approximate surface area is 204 Å². The van der Waals surface area contributed by atoms with Crippen molar-refractivity contribution in [1.29, 1.82) is 0 Å². The van der Waals surface area contributed by atoms with Crippen LogP contribution in [0.1, 0.15) is 50.4 Å². The monoisotopic (exact) mass is 478 g/mol. The normalized spacial score (nSPS) is 17.7. The fraction of sp³-hybridized carbons (Fsp3) is 0.370. The predicted octanol–water partition coefficient (Wildman–Crippen LogP) is 3.98. The van der Waals surface area contributed by atoms with Gasteiger partial charge in [0.1, 0.15) is 11.5 Å². The van der Waals surface area contributed by atoms with Crippen LogP contribution in [0.3, 0.4) is 0 Å². The van der Waals surface area contributed by atoms with E-state index in [0.717, 1.165) is 25.7 Å². The molecule has 4 rings (SSSR count). The van der Waals surface area contributed by atoms with E-state index in [-0.39, 0.29) is 42.2 Å². The van der Waals surface area contributed by atoms with Crippen LogP contribution in [0.15, 0.2) is 63.9 Å². The SMILES string of the molecule is COC(=O)C1=C(C)N(Cc2ccco2)C(=O)/C1=C\c1ccc(OCC(=O)NC2CCCCC2)cc1. The van der Waals surface area contributed by atoms with Gasteiger partial charge in [0, 0.05) is 11.7 Å². The van der Waals surface area contributed by atoms with E-state index in [2.05, 4.69) is 5.32 Å². The molecule has 0 bridgehead atoms. The Morgan fingerprint density at radius 2 is 1.89 bits per heavy atom. The number of methoxy groups -OCH3 is 1. The minimum absolute atomic E-state index is 0.0500. The lowest BCUT2D eigenvalue weighted by Crippen LogP contribution is -2.38. The molecule has 1 aromatic carbocycles. The minimum atomic E-state index is -0.576. The molecule has 0 saturated heterocycles. The molecule has 8 nitrogen and oxygen atoms in total. The summed E-state index contributed by atoms with van der Waals surface area (Å²) >= 11 is 0. The molecule has 1 saturated carbocycles. The molecule has 2 amide bonds. The maximum absolute atomic E-state index is 13.2. The Hall–Kier alpha value is -3.81. The lowest BCUT2D eigenvalue weighted by atomic mass is 9.95. The Morgan fingerprint density at radius 3 is 2.54 bits per heavy atom. The number of amides is 2. The number of carbonyl (C=O) groups excluding carboxylic acids is 3. The molecule has 1 aromatic heterocycles. The highest BCUT2D eigenvalue weighted by Gasteiger charge is 2.37. The topological polar surface area (TPSA) is 98.1 Å². The van der Waals surface area contributed by atoms with Crippen LogP contribution in [-0.2, 0) is 25.7 Å². The number of hydrogen-bond acceptors (Lipinski definition) is 6. The number of esters is 1. The lowest BCUT2D eigenvalue weighted by molar-refractivity contribution is -0.136. The van der Waals surface area contributed by atoms with Crippen molar-refractivity contribution >= 4 is 23.9 Å². The summed E-state index contributed by atoms with van der Waals surface area (Å²) in [6, 6.07) is 10.8. The van der Waals surface area contributed by atoms with Gasteiger partial charge in [0.05, 0.1) is 31.1 Å². The van der Waals surface area contributed by atoms with Crippen LogP contribution >= 0.6 is 0 Å². The van der Waals surface area contributed by atoms with Crippen molar-refractivity contribution in [2.45, 2.75) is 51.6 Å². The quantitative estimate of drug-likeness (QED) is 0.455. The number of furan rings is 1. The highest BCUT2D eigenvalue weighted by atomic mass is 16.5. The third-order valence-corrected chi connectivity index (χ3v) is 6.33. The zero-order chi connectivity index (χ0) is 24.8. The van der Waals surface area contributed by atoms with E-state index in [4.69, 9.17) is 13.9 Å². The smallest absolute Gasteiger partial charge is 0.340 e. The molecule has 35 heavy (non-hydrogen) atoms. The lowest BCUT2D eigenvalue weighted by Gasteiger charge is -2.22. The van der Waals surface area contributed by atoms with E-state index in [1.54, 1.807) is 49.4 Å². The molecule has 0 atom stereocenters. The molecule has 8 heteroatoms. The zero-order valence-electron chi connectivity index (χ0n) is 20.0. The summed E-state index contributed by atoms with van der Waals surface area (Å²) < 4.78 is 15.9. The average molecular weight is 479 g/mol. The van der Waals surface area contributed by atoms with Crippen molar-refractivity contribution < 1.29 is 28.3 Å². The molecule has 184 valence electrons. The first-order valence-corrected chi connectivity index (χ1v) is 11.8. The number of carbonyl (C=O) groups is 3. The average Bonchev–Trinajstić information content (AvgIpc) is 3.46. The minimum Gasteiger partial charge on any atom is -0.484 e. The number of ether oxygens (including phenoxy) is 2. The van der Waals surface area contributed by atoms with Gasteiger partial charge in [0.15, 0.2) is 6.61 Å². The standard InChI is InChI=1S/C27H30N2O6/c1-18-25(27(32)33-2)23(26(31)29(18)16-22-9-6-14-34-22)15-19-10-12-21(13-11-19)35-17-24(30)28-20-7-4-3-5-8-20/h6,9-15,20H,3-5,7-8,16-17H2,1-2H3,(H,28,30)/b23-15-. The number of benzene rings is 1. The molecule has 1 fully saturated rings. The first kappa shape index (κ1) is 24.3. The Morgan fingerprint density at radius 1 is 1.14 bits per heavy atom. The van der Waals surface area contributed by atoms with Gasteiger partial charge in [-0.15, -0.1) is 0 Å². The van der Waals surface area contributed by atoms with Crippen LogP contribution in [0, 0.1) is 0 Å². The van der Waals surface area contributed by atoms with Gasteiger partial charge in [0.25, 0.3) is 11.8 Å². The summed E-state index contributed by atoms with van der Waals surface area (Å²) in [5.74, 6) is 0.145. The van der Waals surface area contributed by atoms with E-state index in [9.17, 15) is 14.4 Å². The van der Waals surface area contributed by atoms with Gasteiger partial charge in [-0.05, 0) is 55.7 Å². The third-order valence-electron chi connectivity index (χ3n) is 6.33. The van der Waals surface area contributed by atoms with Crippen LogP contribution in [0.5, 0.6) is 5.75 Å². The van der Waals surface area contributed by atoms with E-state index in [1.165, 1.54) is 24.7 Å². The first-order chi connectivity index (χ1) is 17.0. The van der Waals surface area contributed by atoms with Crippen molar-refractivity contribution in [3.05, 3.63) is 70.8 Å². The van der Waals surface area contributed by atoms with Crippen molar-refractivity contribution in [2.24, 2.45) is 0 Å². The molecule has 0 spiro atoms. The van der Waals surface area contributed by atoms with Crippen molar-refractivity contribution in [2.75, 3.05) is 13.7 Å². The highest BCUT2D eigenvalue weighted by Crippen LogP contribution is 2.33. The van der Waals surface area contributed by atoms with Crippen molar-refractivity contribution in [3.63, 3.8) is 0 Å². The molecule has 2 aromatic rings. The summed E-state index contributed by atoms with van der Waals surface area (Å²) in [5.41, 5.74) is 1.69. The number of rotatable bonds is 8. The van der Waals surface area contributed by atoms with Gasteiger partial charge in [-0.25, -0.2) is 4.79 Å². The molecular weight excluding hydrogens is 448 g/mol. The van der Waals surface area contributed by atoms with E-state index in [1.807, 2.05) is 0 Å². The molecule has 0 unspecified atom stereocenters. The largest absolute Gasteiger partial charge is 0.484 e. The summed E-state index contributed by atoms with van der Waals surface area (Å²) in [6.07, 6.45) is 8.77. The fourth-order valence-corrected chi connectivity index (χ4v) is 4.47. The second kappa shape index (κ2) is 11.1. The molecule has 2 aliphatic rings. The van der Waals surface area contributed by atoms with Crippen LogP contribution in [-0.4, -0.2) is 42.4 Å². The summed E-state index contributed by atoms with van der Waals surface area (Å²) in [6.45, 7) is 1.88. The predicted molar refractivity (Wildman–Crippen MR) is 129 cm³/mol. The summed E-state index contributed by atoms with van der Waals surface area (Å²) in [7, 11) is 1.29. The molecule has 0 radical (unpaired) electrons. The second-order valence-corrected chi connectivity index (χ2v) is 8.74. The van der Waals surface area contributed by atoms with Gasteiger partial charge in [-0.1, -0.05) is 31.4 Å². The van der Waals surface area contributed by atoms with Crippen LogP contribution in [0.25, 0.3) is 6.08 Å². The second-order valence-electron chi connectivity index (χ2n) is 8.74. The maximum atomic E-state index is 13.2. The molecule has 2 heterocycles. The van der Waals surface area contributed by atoms with E-state index < -0.39 is 5.97 Å².